The molecule has 0 saturated heterocycles. The van der Waals surface area contributed by atoms with Gasteiger partial charge in [-0.15, -0.1) is 22.7 Å². The molecule has 0 saturated carbocycles. The van der Waals surface area contributed by atoms with E-state index >= 15 is 0 Å². The van der Waals surface area contributed by atoms with Crippen LogP contribution in [0.1, 0.15) is 28.3 Å². The molecule has 8 heteroatoms. The van der Waals surface area contributed by atoms with E-state index in [1.807, 2.05) is 22.8 Å². The van der Waals surface area contributed by atoms with Gasteiger partial charge in [-0.1, -0.05) is 13.0 Å². The second-order valence-corrected chi connectivity index (χ2v) is 9.61. The molecule has 0 aliphatic carbocycles. The molecule has 3 heterocycles. The fourth-order valence-corrected chi connectivity index (χ4v) is 5.74. The molecule has 1 aliphatic rings. The van der Waals surface area contributed by atoms with Crippen molar-refractivity contribution in [3.63, 3.8) is 0 Å². The number of hydrogen-bond donors (Lipinski definition) is 1. The first kappa shape index (κ1) is 22.5. The summed E-state index contributed by atoms with van der Waals surface area (Å²) >= 11 is 3.45. The molecule has 6 nitrogen and oxygen atoms in total. The number of amides is 2. The molecule has 32 heavy (non-hydrogen) atoms. The number of benzene rings is 1. The molecule has 1 unspecified atom stereocenters. The number of likely N-dealkylation sites (N-methyl/N-ethyl adjacent to an activating group) is 1. The standard InChI is InChI=1S/C24H27N3O3S2/c1-3-26(15-22(28)25-17-6-8-18(30-2)9-7-17)16-23(29)27-12-10-20-19(11-14-32-20)24(27)21-5-4-13-31-21/h4-9,11,13-14,24H,3,10,12,15-16H2,1-2H3,(H,25,28). The van der Waals surface area contributed by atoms with Gasteiger partial charge in [0.2, 0.25) is 11.8 Å². The summed E-state index contributed by atoms with van der Waals surface area (Å²) in [5.41, 5.74) is 1.94. The van der Waals surface area contributed by atoms with E-state index in [4.69, 9.17) is 4.74 Å². The number of hydrogen-bond acceptors (Lipinski definition) is 6. The van der Waals surface area contributed by atoms with Crippen LogP contribution in [-0.2, 0) is 16.0 Å². The van der Waals surface area contributed by atoms with E-state index in [2.05, 4.69) is 28.2 Å². The largest absolute Gasteiger partial charge is 0.497 e. The van der Waals surface area contributed by atoms with Crippen LogP contribution in [0.2, 0.25) is 0 Å². The average Bonchev–Trinajstić information content (AvgIpc) is 3.50. The average molecular weight is 470 g/mol. The Morgan fingerprint density at radius 2 is 1.94 bits per heavy atom. The lowest BCUT2D eigenvalue weighted by molar-refractivity contribution is -0.134. The van der Waals surface area contributed by atoms with Crippen LogP contribution in [0, 0.1) is 0 Å². The summed E-state index contributed by atoms with van der Waals surface area (Å²) < 4.78 is 5.15. The van der Waals surface area contributed by atoms with Crippen LogP contribution in [-0.4, -0.2) is 54.9 Å². The predicted molar refractivity (Wildman–Crippen MR) is 130 cm³/mol. The summed E-state index contributed by atoms with van der Waals surface area (Å²) in [5, 5.41) is 7.06. The van der Waals surface area contributed by atoms with Gasteiger partial charge >= 0.3 is 0 Å². The summed E-state index contributed by atoms with van der Waals surface area (Å²) in [6.45, 7) is 3.66. The number of carbonyl (C=O) groups is 2. The summed E-state index contributed by atoms with van der Waals surface area (Å²) in [6, 6.07) is 13.4. The number of rotatable bonds is 8. The van der Waals surface area contributed by atoms with Gasteiger partial charge in [-0.25, -0.2) is 0 Å². The zero-order chi connectivity index (χ0) is 22.5. The van der Waals surface area contributed by atoms with Gasteiger partial charge in [-0.3, -0.25) is 14.5 Å². The summed E-state index contributed by atoms with van der Waals surface area (Å²) in [4.78, 5) is 32.3. The number of nitrogens with one attached hydrogen (secondary N) is 1. The van der Waals surface area contributed by atoms with Crippen molar-refractivity contribution in [2.75, 3.05) is 38.6 Å². The molecule has 3 aromatic rings. The lowest BCUT2D eigenvalue weighted by Gasteiger charge is -2.36. The van der Waals surface area contributed by atoms with E-state index in [0.29, 0.717) is 18.8 Å². The molecule has 0 fully saturated rings. The molecule has 4 rings (SSSR count). The van der Waals surface area contributed by atoms with Crippen molar-refractivity contribution < 1.29 is 14.3 Å². The molecular formula is C24H27N3O3S2. The fourth-order valence-electron chi connectivity index (χ4n) is 3.98. The summed E-state index contributed by atoms with van der Waals surface area (Å²) in [5.74, 6) is 0.650. The minimum absolute atomic E-state index is 0.0377. The Balaban J connectivity index is 1.41. The van der Waals surface area contributed by atoms with Crippen LogP contribution in [0.3, 0.4) is 0 Å². The number of thiophene rings is 2. The van der Waals surface area contributed by atoms with Gasteiger partial charge in [-0.2, -0.15) is 0 Å². The van der Waals surface area contributed by atoms with Crippen LogP contribution in [0.15, 0.2) is 53.2 Å². The summed E-state index contributed by atoms with van der Waals surface area (Å²) in [6.07, 6.45) is 0.880. The summed E-state index contributed by atoms with van der Waals surface area (Å²) in [7, 11) is 1.61. The molecule has 0 bridgehead atoms. The Morgan fingerprint density at radius 3 is 2.62 bits per heavy atom. The van der Waals surface area contributed by atoms with Crippen LogP contribution < -0.4 is 10.1 Å². The maximum absolute atomic E-state index is 13.4. The molecular weight excluding hydrogens is 442 g/mol. The highest BCUT2D eigenvalue weighted by molar-refractivity contribution is 7.10. The smallest absolute Gasteiger partial charge is 0.238 e. The van der Waals surface area contributed by atoms with Crippen molar-refractivity contribution in [1.29, 1.82) is 0 Å². The lowest BCUT2D eigenvalue weighted by atomic mass is 9.98. The van der Waals surface area contributed by atoms with E-state index < -0.39 is 0 Å². The second kappa shape index (κ2) is 10.3. The normalized spacial score (nSPS) is 15.5. The van der Waals surface area contributed by atoms with Gasteiger partial charge in [0.05, 0.1) is 26.2 Å². The Labute approximate surface area is 196 Å². The highest BCUT2D eigenvalue weighted by atomic mass is 32.1. The van der Waals surface area contributed by atoms with Crippen LogP contribution in [0.25, 0.3) is 0 Å². The molecule has 0 spiro atoms. The third kappa shape index (κ3) is 5.03. The van der Waals surface area contributed by atoms with Crippen molar-refractivity contribution >= 4 is 40.2 Å². The Hall–Kier alpha value is -2.68. The maximum atomic E-state index is 13.4. The van der Waals surface area contributed by atoms with Crippen LogP contribution in [0.4, 0.5) is 5.69 Å². The molecule has 0 radical (unpaired) electrons. The number of anilines is 1. The van der Waals surface area contributed by atoms with Crippen molar-refractivity contribution in [3.8, 4) is 5.75 Å². The molecule has 2 amide bonds. The quantitative estimate of drug-likeness (QED) is 0.536. The van der Waals surface area contributed by atoms with Crippen molar-refractivity contribution in [1.82, 2.24) is 9.80 Å². The van der Waals surface area contributed by atoms with Gasteiger partial charge in [0.15, 0.2) is 0 Å². The van der Waals surface area contributed by atoms with E-state index in [0.717, 1.165) is 12.2 Å². The number of fused-ring (bicyclic) bond motifs is 1. The molecule has 2 aromatic heterocycles. The highest BCUT2D eigenvalue weighted by Gasteiger charge is 2.33. The first-order valence-corrected chi connectivity index (χ1v) is 12.4. The Bertz CT molecular complexity index is 1050. The predicted octanol–water partition coefficient (Wildman–Crippen LogP) is 4.25. The zero-order valence-corrected chi connectivity index (χ0v) is 19.9. The SMILES string of the molecule is CCN(CC(=O)Nc1ccc(OC)cc1)CC(=O)N1CCc2sccc2C1c1cccs1. The first-order chi connectivity index (χ1) is 15.6. The van der Waals surface area contributed by atoms with Crippen molar-refractivity contribution in [2.24, 2.45) is 0 Å². The van der Waals surface area contributed by atoms with Gasteiger partial charge in [-0.05, 0) is 65.7 Å². The van der Waals surface area contributed by atoms with E-state index in [-0.39, 0.29) is 30.9 Å². The molecule has 1 N–H and O–H groups in total. The third-order valence-corrected chi connectivity index (χ3v) is 7.57. The molecule has 1 aliphatic heterocycles. The van der Waals surface area contributed by atoms with E-state index in [1.54, 1.807) is 54.0 Å². The fraction of sp³-hybridized carbons (Fsp3) is 0.333. The van der Waals surface area contributed by atoms with Crippen LogP contribution in [0.5, 0.6) is 5.75 Å². The number of methoxy groups -OCH3 is 1. The minimum atomic E-state index is -0.140. The lowest BCUT2D eigenvalue weighted by Crippen LogP contribution is -2.46. The maximum Gasteiger partial charge on any atom is 0.238 e. The number of nitrogens with zero attached hydrogens (tertiary/aromatic N) is 2. The first-order valence-electron chi connectivity index (χ1n) is 10.6. The van der Waals surface area contributed by atoms with Crippen molar-refractivity contribution in [2.45, 2.75) is 19.4 Å². The van der Waals surface area contributed by atoms with E-state index in [1.165, 1.54) is 15.3 Å². The zero-order valence-electron chi connectivity index (χ0n) is 18.2. The molecule has 168 valence electrons. The third-order valence-electron chi connectivity index (χ3n) is 5.65. The van der Waals surface area contributed by atoms with Gasteiger partial charge < -0.3 is 15.0 Å². The Kier molecular flexibility index (Phi) is 7.24. The van der Waals surface area contributed by atoms with E-state index in [9.17, 15) is 9.59 Å². The number of carbonyl (C=O) groups excluding carboxylic acids is 2. The topological polar surface area (TPSA) is 61.9 Å². The second-order valence-electron chi connectivity index (χ2n) is 7.63. The number of ether oxygens (including phenoxy) is 1. The monoisotopic (exact) mass is 469 g/mol. The van der Waals surface area contributed by atoms with Crippen LogP contribution >= 0.6 is 22.7 Å². The van der Waals surface area contributed by atoms with Gasteiger partial charge in [0, 0.05) is 22.0 Å². The van der Waals surface area contributed by atoms with Crippen molar-refractivity contribution in [3.05, 3.63) is 68.5 Å². The Morgan fingerprint density at radius 1 is 1.12 bits per heavy atom. The van der Waals surface area contributed by atoms with Gasteiger partial charge in [0.25, 0.3) is 0 Å². The van der Waals surface area contributed by atoms with Gasteiger partial charge in [0.1, 0.15) is 5.75 Å². The minimum Gasteiger partial charge on any atom is -0.497 e. The molecule has 1 atom stereocenters. The highest BCUT2D eigenvalue weighted by Crippen LogP contribution is 2.39. The molecule has 1 aromatic carbocycles.